The summed E-state index contributed by atoms with van der Waals surface area (Å²) in [5.41, 5.74) is 6.29. The number of ether oxygens (including phenoxy) is 1. The first-order valence-corrected chi connectivity index (χ1v) is 10.3. The SMILES string of the molecule is COc1ccccc1NS(=O)(=O)c1ccc2oc(SCCC(N)=O)nc2c1. The van der Waals surface area contributed by atoms with Gasteiger partial charge in [-0.05, 0) is 30.3 Å². The summed E-state index contributed by atoms with van der Waals surface area (Å²) in [4.78, 5) is 15.1. The van der Waals surface area contributed by atoms with E-state index in [4.69, 9.17) is 14.9 Å². The van der Waals surface area contributed by atoms with E-state index in [1.807, 2.05) is 0 Å². The van der Waals surface area contributed by atoms with E-state index in [1.54, 1.807) is 24.3 Å². The number of hydrogen-bond acceptors (Lipinski definition) is 7. The highest BCUT2D eigenvalue weighted by Crippen LogP contribution is 2.29. The standard InChI is InChI=1S/C17H17N3O5S2/c1-24-14-5-3-2-4-12(14)20-27(22,23)11-6-7-15-13(10-11)19-17(25-15)26-9-8-16(18)21/h2-7,10,20H,8-9H2,1H3,(H2,18,21). The Kier molecular flexibility index (Phi) is 5.57. The summed E-state index contributed by atoms with van der Waals surface area (Å²) < 4.78 is 38.6. The average Bonchev–Trinajstić information content (AvgIpc) is 3.03. The number of benzene rings is 2. The van der Waals surface area contributed by atoms with Crippen molar-refractivity contribution in [3.8, 4) is 5.75 Å². The first kappa shape index (κ1) is 19.1. The molecule has 0 saturated heterocycles. The fourth-order valence-electron chi connectivity index (χ4n) is 2.29. The molecule has 1 amide bonds. The van der Waals surface area contributed by atoms with Crippen molar-refractivity contribution in [3.05, 3.63) is 42.5 Å². The van der Waals surface area contributed by atoms with Crippen molar-refractivity contribution in [2.75, 3.05) is 17.6 Å². The van der Waals surface area contributed by atoms with Crippen molar-refractivity contribution in [1.29, 1.82) is 0 Å². The molecule has 1 aromatic heterocycles. The number of carbonyl (C=O) groups is 1. The average molecular weight is 407 g/mol. The summed E-state index contributed by atoms with van der Waals surface area (Å²) in [7, 11) is -2.37. The van der Waals surface area contributed by atoms with Crippen molar-refractivity contribution in [2.45, 2.75) is 16.5 Å². The summed E-state index contributed by atoms with van der Waals surface area (Å²) in [5, 5.41) is 0.346. The minimum atomic E-state index is -3.84. The first-order valence-electron chi connectivity index (χ1n) is 7.86. The zero-order valence-corrected chi connectivity index (χ0v) is 16.0. The van der Waals surface area contributed by atoms with Gasteiger partial charge in [0.15, 0.2) is 5.58 Å². The van der Waals surface area contributed by atoms with Gasteiger partial charge in [0.05, 0.1) is 17.7 Å². The van der Waals surface area contributed by atoms with Crippen LogP contribution in [0.2, 0.25) is 0 Å². The lowest BCUT2D eigenvalue weighted by Gasteiger charge is -2.11. The van der Waals surface area contributed by atoms with Gasteiger partial charge >= 0.3 is 0 Å². The third-order valence-corrected chi connectivity index (χ3v) is 5.77. The Morgan fingerprint density at radius 3 is 2.81 bits per heavy atom. The van der Waals surface area contributed by atoms with Crippen LogP contribution in [-0.2, 0) is 14.8 Å². The maximum absolute atomic E-state index is 12.7. The topological polar surface area (TPSA) is 125 Å². The second-order valence-corrected chi connectivity index (χ2v) is 8.21. The van der Waals surface area contributed by atoms with Crippen LogP contribution in [0, 0.1) is 0 Å². The lowest BCUT2D eigenvalue weighted by atomic mass is 10.3. The molecular weight excluding hydrogens is 390 g/mol. The van der Waals surface area contributed by atoms with Crippen LogP contribution in [0.4, 0.5) is 5.69 Å². The molecule has 0 spiro atoms. The number of nitrogens with zero attached hydrogens (tertiary/aromatic N) is 1. The van der Waals surface area contributed by atoms with Crippen molar-refractivity contribution in [1.82, 2.24) is 4.98 Å². The monoisotopic (exact) mass is 407 g/mol. The molecule has 0 bridgehead atoms. The van der Waals surface area contributed by atoms with Crippen LogP contribution < -0.4 is 15.2 Å². The number of nitrogens with one attached hydrogen (secondary N) is 1. The number of carbonyl (C=O) groups excluding carboxylic acids is 1. The molecule has 1 heterocycles. The maximum Gasteiger partial charge on any atom is 0.262 e. The molecule has 0 aliphatic carbocycles. The second-order valence-electron chi connectivity index (χ2n) is 5.48. The number of hydrogen-bond donors (Lipinski definition) is 2. The van der Waals surface area contributed by atoms with Gasteiger partial charge in [-0.2, -0.15) is 0 Å². The van der Waals surface area contributed by atoms with Crippen molar-refractivity contribution >= 4 is 44.5 Å². The first-order chi connectivity index (χ1) is 12.9. The number of thioether (sulfide) groups is 1. The number of rotatable bonds is 8. The molecular formula is C17H17N3O5S2. The minimum Gasteiger partial charge on any atom is -0.495 e. The van der Waals surface area contributed by atoms with Crippen LogP contribution in [0.15, 0.2) is 57.0 Å². The Bertz CT molecular complexity index is 1080. The Labute approximate surface area is 160 Å². The number of methoxy groups -OCH3 is 1. The second kappa shape index (κ2) is 7.89. The Morgan fingerprint density at radius 1 is 1.30 bits per heavy atom. The molecule has 10 heteroatoms. The predicted molar refractivity (Wildman–Crippen MR) is 102 cm³/mol. The van der Waals surface area contributed by atoms with E-state index >= 15 is 0 Å². The molecule has 27 heavy (non-hydrogen) atoms. The maximum atomic E-state index is 12.7. The fourth-order valence-corrected chi connectivity index (χ4v) is 4.17. The van der Waals surface area contributed by atoms with Gasteiger partial charge < -0.3 is 14.9 Å². The van der Waals surface area contributed by atoms with Crippen molar-refractivity contribution in [2.24, 2.45) is 5.73 Å². The number of fused-ring (bicyclic) bond motifs is 1. The number of primary amides is 1. The molecule has 0 aliphatic heterocycles. The molecule has 2 aromatic carbocycles. The quantitative estimate of drug-likeness (QED) is 0.550. The third kappa shape index (κ3) is 4.52. The number of aromatic nitrogens is 1. The van der Waals surface area contributed by atoms with Crippen LogP contribution in [0.3, 0.4) is 0 Å². The van der Waals surface area contributed by atoms with Crippen LogP contribution in [0.1, 0.15) is 6.42 Å². The van der Waals surface area contributed by atoms with Crippen LogP contribution in [-0.4, -0.2) is 32.2 Å². The molecule has 3 rings (SSSR count). The highest BCUT2D eigenvalue weighted by molar-refractivity contribution is 7.99. The van der Waals surface area contributed by atoms with E-state index in [-0.39, 0.29) is 11.3 Å². The summed E-state index contributed by atoms with van der Waals surface area (Å²) in [6, 6.07) is 11.1. The molecule has 142 valence electrons. The van der Waals surface area contributed by atoms with Gasteiger partial charge in [-0.25, -0.2) is 13.4 Å². The van der Waals surface area contributed by atoms with Crippen molar-refractivity contribution in [3.63, 3.8) is 0 Å². The molecule has 0 aliphatic rings. The Hall–Kier alpha value is -2.72. The lowest BCUT2D eigenvalue weighted by Crippen LogP contribution is -2.13. The van der Waals surface area contributed by atoms with Gasteiger partial charge in [-0.3, -0.25) is 9.52 Å². The smallest absolute Gasteiger partial charge is 0.262 e. The molecule has 0 fully saturated rings. The zero-order chi connectivity index (χ0) is 19.4. The number of sulfonamides is 1. The van der Waals surface area contributed by atoms with Gasteiger partial charge in [-0.1, -0.05) is 23.9 Å². The van der Waals surface area contributed by atoms with E-state index in [0.717, 1.165) is 0 Å². The molecule has 0 atom stereocenters. The summed E-state index contributed by atoms with van der Waals surface area (Å²) >= 11 is 1.24. The molecule has 0 radical (unpaired) electrons. The van der Waals surface area contributed by atoms with Gasteiger partial charge in [-0.15, -0.1) is 0 Å². The van der Waals surface area contributed by atoms with E-state index in [9.17, 15) is 13.2 Å². The van der Waals surface area contributed by atoms with E-state index < -0.39 is 15.9 Å². The van der Waals surface area contributed by atoms with E-state index in [0.29, 0.717) is 33.5 Å². The number of oxazole rings is 1. The lowest BCUT2D eigenvalue weighted by molar-refractivity contribution is -0.117. The summed E-state index contributed by atoms with van der Waals surface area (Å²) in [5.74, 6) is 0.439. The summed E-state index contributed by atoms with van der Waals surface area (Å²) in [6.07, 6.45) is 0.200. The van der Waals surface area contributed by atoms with Crippen LogP contribution in [0.5, 0.6) is 5.75 Å². The normalized spacial score (nSPS) is 11.4. The van der Waals surface area contributed by atoms with Gasteiger partial charge in [0.25, 0.3) is 15.2 Å². The molecule has 3 aromatic rings. The van der Waals surface area contributed by atoms with Crippen molar-refractivity contribution < 1.29 is 22.4 Å². The highest BCUT2D eigenvalue weighted by atomic mass is 32.2. The highest BCUT2D eigenvalue weighted by Gasteiger charge is 2.18. The molecule has 8 nitrogen and oxygen atoms in total. The molecule has 0 saturated carbocycles. The van der Waals surface area contributed by atoms with Gasteiger partial charge in [0, 0.05) is 12.2 Å². The Balaban J connectivity index is 1.84. The van der Waals surface area contributed by atoms with E-state index in [1.165, 1.54) is 37.1 Å². The molecule has 0 unspecified atom stereocenters. The predicted octanol–water partition coefficient (Wildman–Crippen LogP) is 2.60. The number of para-hydroxylation sites is 2. The molecule has 3 N–H and O–H groups in total. The minimum absolute atomic E-state index is 0.0443. The van der Waals surface area contributed by atoms with Crippen LogP contribution >= 0.6 is 11.8 Å². The summed E-state index contributed by atoms with van der Waals surface area (Å²) in [6.45, 7) is 0. The van der Waals surface area contributed by atoms with Gasteiger partial charge in [0.1, 0.15) is 11.3 Å². The largest absolute Gasteiger partial charge is 0.495 e. The van der Waals surface area contributed by atoms with Crippen LogP contribution in [0.25, 0.3) is 11.1 Å². The van der Waals surface area contributed by atoms with E-state index in [2.05, 4.69) is 9.71 Å². The third-order valence-electron chi connectivity index (χ3n) is 3.58. The fraction of sp³-hybridized carbons (Fsp3) is 0.176. The Morgan fingerprint density at radius 2 is 2.07 bits per heavy atom. The van der Waals surface area contributed by atoms with Gasteiger partial charge in [0.2, 0.25) is 5.91 Å². The zero-order valence-electron chi connectivity index (χ0n) is 14.3. The number of nitrogens with two attached hydrogens (primary N) is 1. The number of anilines is 1. The number of amides is 1.